The van der Waals surface area contributed by atoms with E-state index >= 15 is 0 Å². The molecule has 0 unspecified atom stereocenters. The monoisotopic (exact) mass is 395 g/mol. The maximum absolute atomic E-state index is 13.0. The lowest BCUT2D eigenvalue weighted by Gasteiger charge is -2.21. The zero-order valence-corrected chi connectivity index (χ0v) is 17.0. The van der Waals surface area contributed by atoms with Crippen molar-refractivity contribution in [3.05, 3.63) is 71.4 Å². The molecule has 3 aromatic rings. The molecule has 2 heterocycles. The van der Waals surface area contributed by atoms with Gasteiger partial charge in [-0.1, -0.05) is 18.2 Å². The average Bonchev–Trinajstić information content (AvgIpc) is 3.43. The van der Waals surface area contributed by atoms with Gasteiger partial charge in [-0.2, -0.15) is 5.10 Å². The predicted octanol–water partition coefficient (Wildman–Crippen LogP) is 4.21. The quantitative estimate of drug-likeness (QED) is 0.536. The van der Waals surface area contributed by atoms with Crippen molar-refractivity contribution in [3.8, 4) is 0 Å². The molecule has 0 radical (unpaired) electrons. The molecule has 0 N–H and O–H groups in total. The van der Waals surface area contributed by atoms with E-state index < -0.39 is 0 Å². The van der Waals surface area contributed by atoms with E-state index in [0.717, 1.165) is 30.0 Å². The smallest absolute Gasteiger partial charge is 0.224 e. The van der Waals surface area contributed by atoms with E-state index in [4.69, 9.17) is 9.52 Å². The van der Waals surface area contributed by atoms with E-state index in [0.29, 0.717) is 19.5 Å². The molecule has 0 saturated carbocycles. The molecule has 4 rings (SSSR count). The second-order valence-corrected chi connectivity index (χ2v) is 8.26. The van der Waals surface area contributed by atoms with Crippen molar-refractivity contribution >= 4 is 17.7 Å². The van der Waals surface area contributed by atoms with Crippen molar-refractivity contribution in [3.63, 3.8) is 0 Å². The Labute approximate surface area is 169 Å². The number of nitrogens with zero attached hydrogens (tertiary/aromatic N) is 3. The normalized spacial score (nSPS) is 12.9. The van der Waals surface area contributed by atoms with Gasteiger partial charge in [-0.05, 0) is 49.1 Å². The summed E-state index contributed by atoms with van der Waals surface area (Å²) < 4.78 is 7.48. The molecule has 146 valence electrons. The van der Waals surface area contributed by atoms with Gasteiger partial charge in [-0.3, -0.25) is 9.48 Å². The summed E-state index contributed by atoms with van der Waals surface area (Å²) in [7, 11) is 2.00. The number of amides is 1. The summed E-state index contributed by atoms with van der Waals surface area (Å²) in [6.07, 6.45) is 5.47. The molecular weight excluding hydrogens is 370 g/mol. The van der Waals surface area contributed by atoms with Crippen molar-refractivity contribution in [2.24, 2.45) is 7.05 Å². The number of rotatable bonds is 8. The molecule has 1 aliphatic rings. The minimum Gasteiger partial charge on any atom is -0.467 e. The highest BCUT2D eigenvalue weighted by molar-refractivity contribution is 7.99. The fourth-order valence-corrected chi connectivity index (χ4v) is 4.62. The van der Waals surface area contributed by atoms with Gasteiger partial charge in [0.05, 0.1) is 25.0 Å². The number of fused-ring (bicyclic) bond motifs is 1. The summed E-state index contributed by atoms with van der Waals surface area (Å²) in [6.45, 7) is 1.02. The largest absolute Gasteiger partial charge is 0.467 e. The Kier molecular flexibility index (Phi) is 5.86. The van der Waals surface area contributed by atoms with Crippen LogP contribution in [0.25, 0.3) is 0 Å². The molecule has 0 aliphatic heterocycles. The second-order valence-electron chi connectivity index (χ2n) is 7.09. The molecule has 1 aromatic carbocycles. The number of furan rings is 1. The predicted molar refractivity (Wildman–Crippen MR) is 110 cm³/mol. The van der Waals surface area contributed by atoms with Gasteiger partial charge < -0.3 is 9.32 Å². The van der Waals surface area contributed by atoms with Gasteiger partial charge in [0.1, 0.15) is 5.76 Å². The van der Waals surface area contributed by atoms with Gasteiger partial charge in [0, 0.05) is 29.8 Å². The average molecular weight is 396 g/mol. The molecule has 0 spiro atoms. The van der Waals surface area contributed by atoms with E-state index in [9.17, 15) is 4.79 Å². The summed E-state index contributed by atoms with van der Waals surface area (Å²) in [5, 5.41) is 4.70. The minimum absolute atomic E-state index is 0.136. The molecule has 2 aromatic heterocycles. The highest BCUT2D eigenvalue weighted by Gasteiger charge is 2.24. The number of carbonyl (C=O) groups is 1. The fourth-order valence-electron chi connectivity index (χ4n) is 3.76. The molecule has 0 atom stereocenters. The topological polar surface area (TPSA) is 51.3 Å². The van der Waals surface area contributed by atoms with Crippen LogP contribution in [0.5, 0.6) is 0 Å². The highest BCUT2D eigenvalue weighted by atomic mass is 32.2. The third-order valence-corrected chi connectivity index (χ3v) is 6.16. The van der Waals surface area contributed by atoms with Gasteiger partial charge in [-0.25, -0.2) is 0 Å². The number of thioether (sulfide) groups is 1. The lowest BCUT2D eigenvalue weighted by atomic mass is 10.2. The molecule has 6 heteroatoms. The number of benzene rings is 1. The maximum atomic E-state index is 13.0. The van der Waals surface area contributed by atoms with Crippen molar-refractivity contribution in [1.29, 1.82) is 0 Å². The van der Waals surface area contributed by atoms with Crippen LogP contribution in [0.2, 0.25) is 0 Å². The summed E-state index contributed by atoms with van der Waals surface area (Å²) >= 11 is 1.71. The number of carbonyl (C=O) groups excluding carboxylic acids is 1. The Hall–Kier alpha value is -2.47. The first-order valence-electron chi connectivity index (χ1n) is 9.72. The Morgan fingerprint density at radius 3 is 2.82 bits per heavy atom. The van der Waals surface area contributed by atoms with Gasteiger partial charge >= 0.3 is 0 Å². The number of hydrogen-bond donors (Lipinski definition) is 0. The summed E-state index contributed by atoms with van der Waals surface area (Å²) in [5.74, 6) is 1.70. The standard InChI is InChI=1S/C22H25N3O2S/c1-24-21-11-5-10-19(21)20(23-24)16-25(15-17-7-6-13-27-17)22(26)12-14-28-18-8-3-2-4-9-18/h2-4,6-9,13H,5,10-12,14-16H2,1H3. The number of aryl methyl sites for hydroxylation is 1. The van der Waals surface area contributed by atoms with Crippen LogP contribution in [0.4, 0.5) is 0 Å². The molecule has 28 heavy (non-hydrogen) atoms. The third kappa shape index (κ3) is 4.33. The third-order valence-electron chi connectivity index (χ3n) is 5.15. The Morgan fingerprint density at radius 1 is 1.18 bits per heavy atom. The minimum atomic E-state index is 0.136. The molecule has 0 fully saturated rings. The first-order valence-corrected chi connectivity index (χ1v) is 10.7. The van der Waals surface area contributed by atoms with Crippen LogP contribution < -0.4 is 0 Å². The number of aromatic nitrogens is 2. The molecule has 1 aliphatic carbocycles. The molecular formula is C22H25N3O2S. The van der Waals surface area contributed by atoms with Crippen molar-refractivity contribution in [1.82, 2.24) is 14.7 Å². The summed E-state index contributed by atoms with van der Waals surface area (Å²) in [5.41, 5.74) is 3.68. The first kappa shape index (κ1) is 18.9. The van der Waals surface area contributed by atoms with Gasteiger partial charge in [-0.15, -0.1) is 11.8 Å². The lowest BCUT2D eigenvalue weighted by molar-refractivity contribution is -0.132. The van der Waals surface area contributed by atoms with Crippen molar-refractivity contribution in [2.75, 3.05) is 5.75 Å². The van der Waals surface area contributed by atoms with Crippen LogP contribution in [-0.4, -0.2) is 26.3 Å². The zero-order chi connectivity index (χ0) is 19.3. The van der Waals surface area contributed by atoms with Crippen LogP contribution in [0.1, 0.15) is 35.6 Å². The van der Waals surface area contributed by atoms with E-state index in [1.165, 1.54) is 22.6 Å². The second kappa shape index (κ2) is 8.69. The van der Waals surface area contributed by atoms with Gasteiger partial charge in [0.2, 0.25) is 5.91 Å². The van der Waals surface area contributed by atoms with Gasteiger partial charge in [0.15, 0.2) is 0 Å². The van der Waals surface area contributed by atoms with Crippen LogP contribution in [0.15, 0.2) is 58.0 Å². The van der Waals surface area contributed by atoms with Crippen LogP contribution in [-0.2, 0) is 37.8 Å². The number of hydrogen-bond acceptors (Lipinski definition) is 4. The van der Waals surface area contributed by atoms with Gasteiger partial charge in [0.25, 0.3) is 0 Å². The fraction of sp³-hybridized carbons (Fsp3) is 0.364. The Bertz CT molecular complexity index is 919. The van der Waals surface area contributed by atoms with Crippen molar-refractivity contribution < 1.29 is 9.21 Å². The lowest BCUT2D eigenvalue weighted by Crippen LogP contribution is -2.30. The van der Waals surface area contributed by atoms with Crippen LogP contribution in [0, 0.1) is 0 Å². The molecule has 1 amide bonds. The first-order chi connectivity index (χ1) is 13.7. The molecule has 0 saturated heterocycles. The van der Waals surface area contributed by atoms with E-state index in [1.807, 2.05) is 47.0 Å². The van der Waals surface area contributed by atoms with E-state index in [1.54, 1.807) is 18.0 Å². The zero-order valence-electron chi connectivity index (χ0n) is 16.1. The van der Waals surface area contributed by atoms with E-state index in [-0.39, 0.29) is 5.91 Å². The molecule has 0 bridgehead atoms. The highest BCUT2D eigenvalue weighted by Crippen LogP contribution is 2.26. The van der Waals surface area contributed by atoms with Crippen LogP contribution in [0.3, 0.4) is 0 Å². The summed E-state index contributed by atoms with van der Waals surface area (Å²) in [4.78, 5) is 16.1. The Balaban J connectivity index is 1.44. The van der Waals surface area contributed by atoms with E-state index in [2.05, 4.69) is 12.1 Å². The SMILES string of the molecule is Cn1nc(CN(Cc2ccco2)C(=O)CCSc2ccccc2)c2c1CCC2. The molecule has 5 nitrogen and oxygen atoms in total. The summed E-state index contributed by atoms with van der Waals surface area (Å²) in [6, 6.07) is 14.0. The van der Waals surface area contributed by atoms with Crippen molar-refractivity contribution in [2.45, 2.75) is 43.7 Å². The Morgan fingerprint density at radius 2 is 2.04 bits per heavy atom. The van der Waals surface area contributed by atoms with Crippen LogP contribution >= 0.6 is 11.8 Å². The maximum Gasteiger partial charge on any atom is 0.224 e.